The van der Waals surface area contributed by atoms with E-state index in [9.17, 15) is 4.39 Å². The van der Waals surface area contributed by atoms with Crippen LogP contribution in [0.5, 0.6) is 0 Å². The Hall–Kier alpha value is -2.07. The summed E-state index contributed by atoms with van der Waals surface area (Å²) in [7, 11) is 0. The summed E-state index contributed by atoms with van der Waals surface area (Å²) >= 11 is 3.54. The van der Waals surface area contributed by atoms with E-state index in [-0.39, 0.29) is 5.82 Å². The topological polar surface area (TPSA) is 38.0 Å². The van der Waals surface area contributed by atoms with Gasteiger partial charge in [0, 0.05) is 15.5 Å². The van der Waals surface area contributed by atoms with Crippen molar-refractivity contribution in [3.05, 3.63) is 64.9 Å². The van der Waals surface area contributed by atoms with Crippen molar-refractivity contribution in [1.29, 1.82) is 0 Å². The zero-order valence-corrected chi connectivity index (χ0v) is 12.1. The molecule has 0 spiro atoms. The molecule has 0 bridgehead atoms. The molecule has 0 aromatic heterocycles. The number of nitrogen functional groups attached to an aromatic ring is 1. The first-order valence-electron chi connectivity index (χ1n) is 6.14. The Bertz CT molecular complexity index is 787. The molecule has 0 aliphatic heterocycles. The maximum atomic E-state index is 13.1. The van der Waals surface area contributed by atoms with Gasteiger partial charge in [0.15, 0.2) is 0 Å². The summed E-state index contributed by atoms with van der Waals surface area (Å²) in [6.45, 7) is 0. The summed E-state index contributed by atoms with van der Waals surface area (Å²) in [4.78, 5) is 0. The van der Waals surface area contributed by atoms with Gasteiger partial charge in [-0.3, -0.25) is 0 Å². The highest BCUT2D eigenvalue weighted by Crippen LogP contribution is 2.33. The smallest absolute Gasteiger partial charge is 0.125 e. The largest absolute Gasteiger partial charge is 0.397 e. The first kappa shape index (κ1) is 12.9. The summed E-state index contributed by atoms with van der Waals surface area (Å²) < 4.78 is 14.1. The van der Waals surface area contributed by atoms with Gasteiger partial charge in [-0.05, 0) is 35.7 Å². The highest BCUT2D eigenvalue weighted by Gasteiger charge is 2.06. The zero-order chi connectivity index (χ0) is 14.1. The van der Waals surface area contributed by atoms with Gasteiger partial charge in [0.05, 0.1) is 11.4 Å². The lowest BCUT2D eigenvalue weighted by Crippen LogP contribution is -1.97. The Kier molecular flexibility index (Phi) is 3.32. The summed E-state index contributed by atoms with van der Waals surface area (Å²) in [5.74, 6) is -0.339. The third-order valence-corrected chi connectivity index (χ3v) is 3.85. The molecular formula is C16H12BrFN2. The summed E-state index contributed by atoms with van der Waals surface area (Å²) in [6.07, 6.45) is 0. The summed E-state index contributed by atoms with van der Waals surface area (Å²) in [5.41, 5.74) is 7.84. The lowest BCUT2D eigenvalue weighted by molar-refractivity contribution is 0.628. The molecule has 0 fully saturated rings. The molecule has 3 aromatic rings. The van der Waals surface area contributed by atoms with Crippen molar-refractivity contribution in [3.63, 3.8) is 0 Å². The fourth-order valence-corrected chi connectivity index (χ4v) is 2.64. The second kappa shape index (κ2) is 5.13. The van der Waals surface area contributed by atoms with E-state index in [1.54, 1.807) is 6.07 Å². The standard InChI is InChI=1S/C16H12BrFN2/c17-13-6-8-15(12-4-2-1-3-11(12)13)20-16-7-5-10(18)9-14(16)19/h1-9,20H,19H2. The second-order valence-corrected chi connectivity index (χ2v) is 5.35. The van der Waals surface area contributed by atoms with Crippen LogP contribution in [0.2, 0.25) is 0 Å². The number of nitrogens with one attached hydrogen (secondary N) is 1. The number of nitrogens with two attached hydrogens (primary N) is 1. The predicted molar refractivity (Wildman–Crippen MR) is 85.7 cm³/mol. The minimum absolute atomic E-state index is 0.339. The zero-order valence-electron chi connectivity index (χ0n) is 10.5. The molecule has 0 radical (unpaired) electrons. The van der Waals surface area contributed by atoms with Crippen LogP contribution in [-0.2, 0) is 0 Å². The van der Waals surface area contributed by atoms with Crippen LogP contribution in [0.3, 0.4) is 0 Å². The number of fused-ring (bicyclic) bond motifs is 1. The minimum Gasteiger partial charge on any atom is -0.397 e. The molecule has 0 atom stereocenters. The monoisotopic (exact) mass is 330 g/mol. The predicted octanol–water partition coefficient (Wildman–Crippen LogP) is 5.07. The highest BCUT2D eigenvalue weighted by atomic mass is 79.9. The molecule has 0 aliphatic carbocycles. The van der Waals surface area contributed by atoms with Gasteiger partial charge < -0.3 is 11.1 Å². The Morgan fingerprint density at radius 2 is 1.60 bits per heavy atom. The van der Waals surface area contributed by atoms with Crippen molar-refractivity contribution in [2.75, 3.05) is 11.1 Å². The molecule has 100 valence electrons. The van der Waals surface area contributed by atoms with Crippen molar-refractivity contribution < 1.29 is 4.39 Å². The number of hydrogen-bond acceptors (Lipinski definition) is 2. The SMILES string of the molecule is Nc1cc(F)ccc1Nc1ccc(Br)c2ccccc12. The van der Waals surface area contributed by atoms with Gasteiger partial charge in [-0.1, -0.05) is 40.2 Å². The molecule has 20 heavy (non-hydrogen) atoms. The van der Waals surface area contributed by atoms with Gasteiger partial charge in [0.1, 0.15) is 5.82 Å². The van der Waals surface area contributed by atoms with Crippen LogP contribution in [0.1, 0.15) is 0 Å². The lowest BCUT2D eigenvalue weighted by atomic mass is 10.1. The fraction of sp³-hybridized carbons (Fsp3) is 0. The number of benzene rings is 3. The lowest BCUT2D eigenvalue weighted by Gasteiger charge is -2.12. The van der Waals surface area contributed by atoms with E-state index in [0.29, 0.717) is 11.4 Å². The van der Waals surface area contributed by atoms with Gasteiger partial charge in [0.2, 0.25) is 0 Å². The Morgan fingerprint density at radius 3 is 2.35 bits per heavy atom. The van der Waals surface area contributed by atoms with Crippen LogP contribution >= 0.6 is 15.9 Å². The van der Waals surface area contributed by atoms with Crippen LogP contribution in [0, 0.1) is 5.82 Å². The normalized spacial score (nSPS) is 10.7. The first-order valence-corrected chi connectivity index (χ1v) is 6.94. The average molecular weight is 331 g/mol. The van der Waals surface area contributed by atoms with Gasteiger partial charge in [-0.2, -0.15) is 0 Å². The molecule has 3 N–H and O–H groups in total. The highest BCUT2D eigenvalue weighted by molar-refractivity contribution is 9.10. The Morgan fingerprint density at radius 1 is 0.900 bits per heavy atom. The maximum Gasteiger partial charge on any atom is 0.125 e. The molecule has 0 unspecified atom stereocenters. The van der Waals surface area contributed by atoms with E-state index in [2.05, 4.69) is 21.2 Å². The van der Waals surface area contributed by atoms with Crippen LogP contribution in [0.15, 0.2) is 59.1 Å². The molecule has 3 rings (SSSR count). The minimum atomic E-state index is -0.339. The Balaban J connectivity index is 2.09. The van der Waals surface area contributed by atoms with E-state index in [4.69, 9.17) is 5.73 Å². The van der Waals surface area contributed by atoms with Crippen LogP contribution in [0.25, 0.3) is 10.8 Å². The number of halogens is 2. The molecule has 0 saturated carbocycles. The summed E-state index contributed by atoms with van der Waals surface area (Å²) in [6, 6.07) is 16.3. The van der Waals surface area contributed by atoms with E-state index in [1.165, 1.54) is 12.1 Å². The molecule has 0 aliphatic rings. The molecule has 2 nitrogen and oxygen atoms in total. The summed E-state index contributed by atoms with van der Waals surface area (Å²) in [5, 5.41) is 5.44. The van der Waals surface area contributed by atoms with E-state index in [0.717, 1.165) is 20.9 Å². The molecule has 0 saturated heterocycles. The van der Waals surface area contributed by atoms with E-state index >= 15 is 0 Å². The number of hydrogen-bond donors (Lipinski definition) is 2. The van der Waals surface area contributed by atoms with Crippen molar-refractivity contribution in [3.8, 4) is 0 Å². The van der Waals surface area contributed by atoms with Crippen LogP contribution < -0.4 is 11.1 Å². The van der Waals surface area contributed by atoms with Crippen LogP contribution in [-0.4, -0.2) is 0 Å². The van der Waals surface area contributed by atoms with Gasteiger partial charge in [0.25, 0.3) is 0 Å². The fourth-order valence-electron chi connectivity index (χ4n) is 2.16. The third kappa shape index (κ3) is 2.34. The van der Waals surface area contributed by atoms with Crippen molar-refractivity contribution >= 4 is 43.8 Å². The quantitative estimate of drug-likeness (QED) is 0.644. The molecular weight excluding hydrogens is 319 g/mol. The van der Waals surface area contributed by atoms with Gasteiger partial charge in [-0.15, -0.1) is 0 Å². The van der Waals surface area contributed by atoms with Gasteiger partial charge in [-0.25, -0.2) is 4.39 Å². The van der Waals surface area contributed by atoms with Crippen molar-refractivity contribution in [1.82, 2.24) is 0 Å². The number of anilines is 3. The van der Waals surface area contributed by atoms with E-state index < -0.39 is 0 Å². The number of rotatable bonds is 2. The van der Waals surface area contributed by atoms with Crippen molar-refractivity contribution in [2.45, 2.75) is 0 Å². The first-order chi connectivity index (χ1) is 9.65. The molecule has 0 amide bonds. The van der Waals surface area contributed by atoms with E-state index in [1.807, 2.05) is 36.4 Å². The van der Waals surface area contributed by atoms with Gasteiger partial charge >= 0.3 is 0 Å². The van der Waals surface area contributed by atoms with Crippen molar-refractivity contribution in [2.24, 2.45) is 0 Å². The Labute approximate surface area is 124 Å². The molecule has 3 aromatic carbocycles. The van der Waals surface area contributed by atoms with Crippen LogP contribution in [0.4, 0.5) is 21.5 Å². The molecule has 0 heterocycles. The third-order valence-electron chi connectivity index (χ3n) is 3.15. The molecule has 4 heteroatoms. The average Bonchev–Trinajstić information content (AvgIpc) is 2.45. The maximum absolute atomic E-state index is 13.1. The second-order valence-electron chi connectivity index (χ2n) is 4.50.